The second kappa shape index (κ2) is 8.11. The van der Waals surface area contributed by atoms with Gasteiger partial charge in [0.15, 0.2) is 11.5 Å². The molecule has 1 aromatic heterocycles. The second-order valence-electron chi connectivity index (χ2n) is 6.56. The van der Waals surface area contributed by atoms with Crippen LogP contribution in [0.15, 0.2) is 30.5 Å². The van der Waals surface area contributed by atoms with Crippen LogP contribution in [0.4, 0.5) is 16.4 Å². The summed E-state index contributed by atoms with van der Waals surface area (Å²) < 4.78 is 11.0. The van der Waals surface area contributed by atoms with Crippen molar-refractivity contribution in [3.8, 4) is 11.5 Å². The van der Waals surface area contributed by atoms with Gasteiger partial charge in [-0.1, -0.05) is 0 Å². The van der Waals surface area contributed by atoms with E-state index in [9.17, 15) is 4.79 Å². The molecule has 8 nitrogen and oxygen atoms in total. The van der Waals surface area contributed by atoms with Crippen molar-refractivity contribution in [3.05, 3.63) is 36.2 Å². The first-order valence-corrected chi connectivity index (χ1v) is 9.29. The number of nitrogens with zero attached hydrogens (tertiary/aromatic N) is 3. The molecule has 0 aliphatic carbocycles. The molecule has 3 heterocycles. The van der Waals surface area contributed by atoms with Crippen molar-refractivity contribution in [2.24, 2.45) is 0 Å². The predicted octanol–water partition coefficient (Wildman–Crippen LogP) is 2.56. The van der Waals surface area contributed by atoms with E-state index in [-0.39, 0.29) is 6.03 Å². The van der Waals surface area contributed by atoms with Gasteiger partial charge in [-0.3, -0.25) is 0 Å². The summed E-state index contributed by atoms with van der Waals surface area (Å²) in [6.45, 7) is 3.36. The van der Waals surface area contributed by atoms with Crippen molar-refractivity contribution < 1.29 is 14.3 Å². The number of hydrogen-bond acceptors (Lipinski definition) is 6. The minimum atomic E-state index is -0.301. The average molecular weight is 369 g/mol. The van der Waals surface area contributed by atoms with Gasteiger partial charge in [-0.15, -0.1) is 0 Å². The van der Waals surface area contributed by atoms with Crippen LogP contribution in [0.3, 0.4) is 0 Å². The second-order valence-corrected chi connectivity index (χ2v) is 6.56. The van der Waals surface area contributed by atoms with E-state index in [2.05, 4.69) is 25.5 Å². The molecular weight excluding hydrogens is 346 g/mol. The number of amides is 2. The van der Waals surface area contributed by atoms with Crippen LogP contribution in [0.25, 0.3) is 0 Å². The summed E-state index contributed by atoms with van der Waals surface area (Å²) in [5.74, 6) is 2.07. The number of carbonyl (C=O) groups is 1. The Labute approximate surface area is 157 Å². The maximum absolute atomic E-state index is 12.2. The summed E-state index contributed by atoms with van der Waals surface area (Å²) in [5, 5.41) is 5.63. The smallest absolute Gasteiger partial charge is 0.319 e. The van der Waals surface area contributed by atoms with Crippen molar-refractivity contribution >= 4 is 17.7 Å². The number of urea groups is 1. The molecule has 2 aliphatic heterocycles. The first kappa shape index (κ1) is 17.4. The Balaban J connectivity index is 1.32. The molecule has 2 amide bonds. The van der Waals surface area contributed by atoms with Crippen molar-refractivity contribution in [3.63, 3.8) is 0 Å². The maximum atomic E-state index is 12.2. The molecule has 2 aromatic rings. The van der Waals surface area contributed by atoms with Crippen molar-refractivity contribution in [1.82, 2.24) is 15.3 Å². The zero-order valence-corrected chi connectivity index (χ0v) is 15.1. The number of rotatable bonds is 4. The lowest BCUT2D eigenvalue weighted by atomic mass is 10.1. The van der Waals surface area contributed by atoms with Crippen molar-refractivity contribution in [1.29, 1.82) is 0 Å². The summed E-state index contributed by atoms with van der Waals surface area (Å²) in [6.07, 6.45) is 5.35. The normalized spacial score (nSPS) is 15.9. The molecule has 0 atom stereocenters. The summed E-state index contributed by atoms with van der Waals surface area (Å²) in [5.41, 5.74) is 1.43. The van der Waals surface area contributed by atoms with Crippen LogP contribution in [-0.2, 0) is 6.54 Å². The third-order valence-electron chi connectivity index (χ3n) is 4.57. The number of carbonyl (C=O) groups excluding carboxylic acids is 1. The van der Waals surface area contributed by atoms with Crippen LogP contribution >= 0.6 is 0 Å². The standard InChI is InChI=1S/C19H23N5O3/c25-19(23-14-4-5-16-17(12-14)27-11-10-26-16)21-13-15-6-7-20-18(22-15)24-8-2-1-3-9-24/h4-7,12H,1-3,8-11,13H2,(H2,21,23,25). The Kier molecular flexibility index (Phi) is 5.22. The Bertz CT molecular complexity index is 808. The summed E-state index contributed by atoms with van der Waals surface area (Å²) in [4.78, 5) is 23.3. The summed E-state index contributed by atoms with van der Waals surface area (Å²) >= 11 is 0. The zero-order valence-electron chi connectivity index (χ0n) is 15.1. The van der Waals surface area contributed by atoms with Crippen molar-refractivity contribution in [2.75, 3.05) is 36.5 Å². The van der Waals surface area contributed by atoms with Gasteiger partial charge in [0.05, 0.1) is 12.2 Å². The van der Waals surface area contributed by atoms with Crippen LogP contribution in [0.1, 0.15) is 25.0 Å². The molecule has 2 aliphatic rings. The molecule has 4 rings (SSSR count). The average Bonchev–Trinajstić information content (AvgIpc) is 2.73. The number of piperidine rings is 1. The number of hydrogen-bond donors (Lipinski definition) is 2. The van der Waals surface area contributed by atoms with E-state index in [1.54, 1.807) is 24.4 Å². The Morgan fingerprint density at radius 3 is 2.74 bits per heavy atom. The Morgan fingerprint density at radius 2 is 1.89 bits per heavy atom. The molecule has 0 bridgehead atoms. The highest BCUT2D eigenvalue weighted by Crippen LogP contribution is 2.32. The van der Waals surface area contributed by atoms with Crippen LogP contribution in [-0.4, -0.2) is 42.3 Å². The molecule has 1 aromatic carbocycles. The minimum Gasteiger partial charge on any atom is -0.486 e. The van der Waals surface area contributed by atoms with E-state index in [0.29, 0.717) is 36.9 Å². The molecular formula is C19H23N5O3. The lowest BCUT2D eigenvalue weighted by molar-refractivity contribution is 0.171. The van der Waals surface area contributed by atoms with E-state index >= 15 is 0 Å². The molecule has 8 heteroatoms. The molecule has 0 saturated carbocycles. The van der Waals surface area contributed by atoms with Gasteiger partial charge in [-0.2, -0.15) is 0 Å². The van der Waals surface area contributed by atoms with Crippen LogP contribution in [0.2, 0.25) is 0 Å². The van der Waals surface area contributed by atoms with E-state index < -0.39 is 0 Å². The Hall–Kier alpha value is -3.03. The number of anilines is 2. The van der Waals surface area contributed by atoms with Crippen LogP contribution in [0, 0.1) is 0 Å². The lowest BCUT2D eigenvalue weighted by Crippen LogP contribution is -2.32. The van der Waals surface area contributed by atoms with Gasteiger partial charge >= 0.3 is 6.03 Å². The van der Waals surface area contributed by atoms with E-state index in [4.69, 9.17) is 9.47 Å². The fraction of sp³-hybridized carbons (Fsp3) is 0.421. The van der Waals surface area contributed by atoms with Gasteiger partial charge in [-0.25, -0.2) is 14.8 Å². The van der Waals surface area contributed by atoms with Crippen LogP contribution in [0.5, 0.6) is 11.5 Å². The fourth-order valence-corrected chi connectivity index (χ4v) is 3.20. The number of aromatic nitrogens is 2. The molecule has 1 saturated heterocycles. The highest BCUT2D eigenvalue weighted by molar-refractivity contribution is 5.89. The number of benzene rings is 1. The lowest BCUT2D eigenvalue weighted by Gasteiger charge is -2.26. The molecule has 1 fully saturated rings. The third kappa shape index (κ3) is 4.39. The summed E-state index contributed by atoms with van der Waals surface area (Å²) in [7, 11) is 0. The molecule has 27 heavy (non-hydrogen) atoms. The largest absolute Gasteiger partial charge is 0.486 e. The highest BCUT2D eigenvalue weighted by Gasteiger charge is 2.15. The van der Waals surface area contributed by atoms with E-state index in [0.717, 1.165) is 24.7 Å². The number of ether oxygens (including phenoxy) is 2. The molecule has 2 N–H and O–H groups in total. The Morgan fingerprint density at radius 1 is 1.07 bits per heavy atom. The van der Waals surface area contributed by atoms with Gasteiger partial charge in [0.1, 0.15) is 13.2 Å². The molecule has 142 valence electrons. The molecule has 0 spiro atoms. The third-order valence-corrected chi connectivity index (χ3v) is 4.57. The fourth-order valence-electron chi connectivity index (χ4n) is 3.20. The van der Waals surface area contributed by atoms with Gasteiger partial charge in [0.2, 0.25) is 5.95 Å². The zero-order chi connectivity index (χ0) is 18.5. The van der Waals surface area contributed by atoms with Gasteiger partial charge < -0.3 is 25.0 Å². The maximum Gasteiger partial charge on any atom is 0.319 e. The quantitative estimate of drug-likeness (QED) is 0.861. The number of fused-ring (bicyclic) bond motifs is 1. The van der Waals surface area contributed by atoms with E-state index in [1.165, 1.54) is 19.3 Å². The van der Waals surface area contributed by atoms with Gasteiger partial charge in [0.25, 0.3) is 0 Å². The SMILES string of the molecule is O=C(NCc1ccnc(N2CCCCC2)n1)Nc1ccc2c(c1)OCCO2. The minimum absolute atomic E-state index is 0.301. The summed E-state index contributed by atoms with van der Waals surface area (Å²) in [6, 6.07) is 6.85. The van der Waals surface area contributed by atoms with Gasteiger partial charge in [-0.05, 0) is 37.5 Å². The molecule has 0 unspecified atom stereocenters. The monoisotopic (exact) mass is 369 g/mol. The predicted molar refractivity (Wildman–Crippen MR) is 101 cm³/mol. The topological polar surface area (TPSA) is 88.6 Å². The molecule has 0 radical (unpaired) electrons. The van der Waals surface area contributed by atoms with Crippen molar-refractivity contribution in [2.45, 2.75) is 25.8 Å². The number of nitrogens with one attached hydrogen (secondary N) is 2. The van der Waals surface area contributed by atoms with Crippen LogP contribution < -0.4 is 25.0 Å². The van der Waals surface area contributed by atoms with Gasteiger partial charge in [0, 0.05) is 31.0 Å². The highest BCUT2D eigenvalue weighted by atomic mass is 16.6. The first-order chi connectivity index (χ1) is 13.3. The van der Waals surface area contributed by atoms with E-state index in [1.807, 2.05) is 6.07 Å². The first-order valence-electron chi connectivity index (χ1n) is 9.29.